The van der Waals surface area contributed by atoms with Crippen molar-refractivity contribution in [1.82, 2.24) is 15.3 Å². The Morgan fingerprint density at radius 3 is 2.74 bits per heavy atom. The predicted molar refractivity (Wildman–Crippen MR) is 69.2 cm³/mol. The molecule has 0 radical (unpaired) electrons. The first-order valence-corrected chi connectivity index (χ1v) is 5.79. The van der Waals surface area contributed by atoms with Crippen molar-refractivity contribution in [3.05, 3.63) is 11.9 Å². The maximum absolute atomic E-state index is 11.9. The van der Waals surface area contributed by atoms with Crippen molar-refractivity contribution in [3.63, 3.8) is 0 Å². The highest BCUT2D eigenvalue weighted by atomic mass is 16.2. The molecule has 1 aliphatic rings. The molecule has 8 heteroatoms. The number of carbonyl (C=O) groups is 2. The summed E-state index contributed by atoms with van der Waals surface area (Å²) in [5.41, 5.74) is 1.56. The van der Waals surface area contributed by atoms with E-state index in [1.165, 1.54) is 0 Å². The molecule has 8 nitrogen and oxygen atoms in total. The monoisotopic (exact) mass is 264 g/mol. The summed E-state index contributed by atoms with van der Waals surface area (Å²) in [7, 11) is 0. The van der Waals surface area contributed by atoms with Crippen molar-refractivity contribution >= 4 is 23.5 Å². The van der Waals surface area contributed by atoms with Gasteiger partial charge in [0.05, 0.1) is 6.54 Å². The van der Waals surface area contributed by atoms with Crippen LogP contribution in [0.3, 0.4) is 0 Å². The van der Waals surface area contributed by atoms with Crippen LogP contribution in [0.4, 0.5) is 11.6 Å². The minimum atomic E-state index is -0.874. The fourth-order valence-corrected chi connectivity index (χ4v) is 1.91. The molecule has 0 saturated carbocycles. The molecule has 102 valence electrons. The van der Waals surface area contributed by atoms with E-state index in [-0.39, 0.29) is 18.4 Å². The van der Waals surface area contributed by atoms with Gasteiger partial charge in [-0.05, 0) is 20.8 Å². The van der Waals surface area contributed by atoms with Gasteiger partial charge in [0.25, 0.3) is 5.91 Å². The van der Waals surface area contributed by atoms with Crippen LogP contribution >= 0.6 is 0 Å². The first kappa shape index (κ1) is 13.2. The first-order chi connectivity index (χ1) is 8.84. The highest BCUT2D eigenvalue weighted by molar-refractivity contribution is 6.06. The van der Waals surface area contributed by atoms with Crippen LogP contribution in [0, 0.1) is 6.92 Å². The number of rotatable bonds is 2. The molecule has 1 saturated heterocycles. The van der Waals surface area contributed by atoms with Gasteiger partial charge >= 0.3 is 0 Å². The summed E-state index contributed by atoms with van der Waals surface area (Å²) in [6, 6.07) is 1.60. The van der Waals surface area contributed by atoms with Gasteiger partial charge in [-0.2, -0.15) is 0 Å². The highest BCUT2D eigenvalue weighted by Gasteiger charge is 2.41. The van der Waals surface area contributed by atoms with Gasteiger partial charge in [0.2, 0.25) is 5.91 Å². The number of hydrogen-bond acceptors (Lipinski definition) is 7. The number of carbonyl (C=O) groups excluding carboxylic acids is 2. The third-order valence-corrected chi connectivity index (χ3v) is 3.03. The van der Waals surface area contributed by atoms with E-state index < -0.39 is 5.54 Å². The van der Waals surface area contributed by atoms with Crippen molar-refractivity contribution < 1.29 is 9.59 Å². The summed E-state index contributed by atoms with van der Waals surface area (Å²) in [4.78, 5) is 33.4. The standard InChI is InChI=1S/C11H16N6O2/c1-6-13-7(16-12)4-8(14-6)17-5-9(18)15-10(19)11(17,2)3/h4H,5,12H2,1-3H3,(H,13,14,16)(H,15,18,19). The molecule has 0 atom stereocenters. The highest BCUT2D eigenvalue weighted by Crippen LogP contribution is 2.26. The normalized spacial score (nSPS) is 18.2. The number of piperazine rings is 1. The van der Waals surface area contributed by atoms with Crippen LogP contribution in [0.15, 0.2) is 6.07 Å². The molecule has 2 heterocycles. The molecule has 2 rings (SSSR count). The number of nitrogens with zero attached hydrogens (tertiary/aromatic N) is 3. The Kier molecular flexibility index (Phi) is 3.11. The Balaban J connectivity index is 2.46. The molecule has 4 N–H and O–H groups in total. The second-order valence-electron chi connectivity index (χ2n) is 4.83. The molecule has 19 heavy (non-hydrogen) atoms. The number of nitrogen functional groups attached to an aromatic ring is 1. The second-order valence-corrected chi connectivity index (χ2v) is 4.83. The van der Waals surface area contributed by atoms with Gasteiger partial charge in [0.1, 0.15) is 23.0 Å². The van der Waals surface area contributed by atoms with Crippen molar-refractivity contribution in [2.45, 2.75) is 26.3 Å². The van der Waals surface area contributed by atoms with Crippen LogP contribution in [0.1, 0.15) is 19.7 Å². The molecule has 0 bridgehead atoms. The minimum absolute atomic E-state index is 0.0548. The molecule has 1 fully saturated rings. The van der Waals surface area contributed by atoms with E-state index >= 15 is 0 Å². The number of aryl methyl sites for hydroxylation is 1. The quantitative estimate of drug-likeness (QED) is 0.368. The van der Waals surface area contributed by atoms with E-state index in [2.05, 4.69) is 20.7 Å². The zero-order valence-electron chi connectivity index (χ0n) is 11.0. The summed E-state index contributed by atoms with van der Waals surface area (Å²) in [6.45, 7) is 5.21. The number of anilines is 2. The average Bonchev–Trinajstić information content (AvgIpc) is 2.33. The number of hydrazine groups is 1. The maximum Gasteiger partial charge on any atom is 0.251 e. The van der Waals surface area contributed by atoms with Crippen LogP contribution in [-0.2, 0) is 9.59 Å². The van der Waals surface area contributed by atoms with Crippen LogP contribution in [-0.4, -0.2) is 33.9 Å². The predicted octanol–water partition coefficient (Wildman–Crippen LogP) is -0.688. The van der Waals surface area contributed by atoms with Crippen LogP contribution < -0.4 is 21.5 Å². The van der Waals surface area contributed by atoms with Crippen molar-refractivity contribution in [2.24, 2.45) is 5.84 Å². The molecule has 1 aromatic rings. The molecule has 0 aromatic carbocycles. The first-order valence-electron chi connectivity index (χ1n) is 5.79. The molecule has 2 amide bonds. The van der Waals surface area contributed by atoms with E-state index in [1.54, 1.807) is 31.7 Å². The molecule has 1 aromatic heterocycles. The average molecular weight is 264 g/mol. The fourth-order valence-electron chi connectivity index (χ4n) is 1.91. The van der Waals surface area contributed by atoms with Gasteiger partial charge in [0.15, 0.2) is 0 Å². The Labute approximate surface area is 110 Å². The minimum Gasteiger partial charge on any atom is -0.333 e. The lowest BCUT2D eigenvalue weighted by atomic mass is 9.99. The van der Waals surface area contributed by atoms with E-state index in [1.807, 2.05) is 0 Å². The van der Waals surface area contributed by atoms with E-state index in [9.17, 15) is 9.59 Å². The van der Waals surface area contributed by atoms with E-state index in [4.69, 9.17) is 5.84 Å². The maximum atomic E-state index is 11.9. The number of imide groups is 1. The second kappa shape index (κ2) is 4.47. The van der Waals surface area contributed by atoms with Gasteiger partial charge in [-0.15, -0.1) is 0 Å². The molecule has 1 aliphatic heterocycles. The van der Waals surface area contributed by atoms with Crippen LogP contribution in [0.25, 0.3) is 0 Å². The van der Waals surface area contributed by atoms with Crippen molar-refractivity contribution in [2.75, 3.05) is 16.9 Å². The van der Waals surface area contributed by atoms with E-state index in [0.717, 1.165) is 0 Å². The fraction of sp³-hybridized carbons (Fsp3) is 0.455. The van der Waals surface area contributed by atoms with Crippen molar-refractivity contribution in [3.8, 4) is 0 Å². The summed E-state index contributed by atoms with van der Waals surface area (Å²) in [5.74, 6) is 6.02. The Morgan fingerprint density at radius 2 is 2.11 bits per heavy atom. The Bertz CT molecular complexity index is 542. The molecular formula is C11H16N6O2. The smallest absolute Gasteiger partial charge is 0.251 e. The SMILES string of the molecule is Cc1nc(NN)cc(N2CC(=O)NC(=O)C2(C)C)n1. The molecular weight excluding hydrogens is 248 g/mol. The summed E-state index contributed by atoms with van der Waals surface area (Å²) in [5, 5.41) is 2.31. The topological polar surface area (TPSA) is 113 Å². The third kappa shape index (κ3) is 2.34. The van der Waals surface area contributed by atoms with Gasteiger partial charge < -0.3 is 10.3 Å². The summed E-state index contributed by atoms with van der Waals surface area (Å²) < 4.78 is 0. The number of aromatic nitrogens is 2. The Hall–Kier alpha value is -2.22. The molecule has 0 unspecified atom stereocenters. The third-order valence-electron chi connectivity index (χ3n) is 3.03. The summed E-state index contributed by atoms with van der Waals surface area (Å²) >= 11 is 0. The zero-order chi connectivity index (χ0) is 14.2. The number of nitrogens with two attached hydrogens (primary N) is 1. The van der Waals surface area contributed by atoms with Gasteiger partial charge in [0, 0.05) is 6.07 Å². The number of amides is 2. The van der Waals surface area contributed by atoms with Crippen LogP contribution in [0.5, 0.6) is 0 Å². The lowest BCUT2D eigenvalue weighted by Crippen LogP contribution is -2.64. The Morgan fingerprint density at radius 1 is 1.42 bits per heavy atom. The largest absolute Gasteiger partial charge is 0.333 e. The van der Waals surface area contributed by atoms with Gasteiger partial charge in [-0.25, -0.2) is 15.8 Å². The number of nitrogens with one attached hydrogen (secondary N) is 2. The molecule has 0 spiro atoms. The number of hydrogen-bond donors (Lipinski definition) is 3. The molecule has 0 aliphatic carbocycles. The van der Waals surface area contributed by atoms with Crippen LogP contribution in [0.2, 0.25) is 0 Å². The lowest BCUT2D eigenvalue weighted by molar-refractivity contribution is -0.135. The summed E-state index contributed by atoms with van der Waals surface area (Å²) in [6.07, 6.45) is 0. The van der Waals surface area contributed by atoms with Crippen molar-refractivity contribution in [1.29, 1.82) is 0 Å². The zero-order valence-corrected chi connectivity index (χ0v) is 11.0. The lowest BCUT2D eigenvalue weighted by Gasteiger charge is -2.41. The van der Waals surface area contributed by atoms with Gasteiger partial charge in [-0.1, -0.05) is 0 Å². The van der Waals surface area contributed by atoms with Gasteiger partial charge in [-0.3, -0.25) is 14.9 Å². The van der Waals surface area contributed by atoms with E-state index in [0.29, 0.717) is 17.5 Å².